The van der Waals surface area contributed by atoms with E-state index in [0.717, 1.165) is 5.56 Å². The number of amides is 1. The van der Waals surface area contributed by atoms with Crippen LogP contribution in [0, 0.1) is 0 Å². The minimum Gasteiger partial charge on any atom is -0.476 e. The minimum atomic E-state index is -1.28. The number of nitrogens with zero attached hydrogens (tertiary/aromatic N) is 2. The molecule has 20 heavy (non-hydrogen) atoms. The number of rotatable bonds is 4. The average Bonchev–Trinajstić information content (AvgIpc) is 2.48. The molecule has 1 amide bonds. The Hall–Kier alpha value is -2.76. The Morgan fingerprint density at radius 3 is 2.30 bits per heavy atom. The van der Waals surface area contributed by atoms with Gasteiger partial charge in [0.25, 0.3) is 5.91 Å². The van der Waals surface area contributed by atoms with Gasteiger partial charge in [0.05, 0.1) is 6.04 Å². The molecule has 1 unspecified atom stereocenters. The molecule has 6 heteroatoms. The van der Waals surface area contributed by atoms with E-state index >= 15 is 0 Å². The smallest absolute Gasteiger partial charge is 0.356 e. The molecule has 2 N–H and O–H groups in total. The summed E-state index contributed by atoms with van der Waals surface area (Å²) in [6, 6.07) is 9.10. The van der Waals surface area contributed by atoms with Crippen molar-refractivity contribution in [3.8, 4) is 0 Å². The first-order valence-corrected chi connectivity index (χ1v) is 5.99. The molecule has 0 aliphatic carbocycles. The zero-order chi connectivity index (χ0) is 14.5. The molecule has 1 atom stereocenters. The molecular weight excluding hydrogens is 258 g/mol. The summed E-state index contributed by atoms with van der Waals surface area (Å²) >= 11 is 0. The Kier molecular flexibility index (Phi) is 4.05. The number of carboxylic acids is 1. The van der Waals surface area contributed by atoms with Gasteiger partial charge in [-0.25, -0.2) is 14.8 Å². The van der Waals surface area contributed by atoms with Crippen molar-refractivity contribution in [2.24, 2.45) is 0 Å². The molecule has 0 aliphatic heterocycles. The normalized spacial score (nSPS) is 11.7. The van der Waals surface area contributed by atoms with Crippen molar-refractivity contribution in [2.75, 3.05) is 0 Å². The van der Waals surface area contributed by atoms with Gasteiger partial charge in [0, 0.05) is 12.4 Å². The van der Waals surface area contributed by atoms with E-state index in [2.05, 4.69) is 15.3 Å². The van der Waals surface area contributed by atoms with Crippen molar-refractivity contribution in [2.45, 2.75) is 13.0 Å². The van der Waals surface area contributed by atoms with Crippen LogP contribution in [0.3, 0.4) is 0 Å². The first-order valence-electron chi connectivity index (χ1n) is 5.99. The van der Waals surface area contributed by atoms with Gasteiger partial charge in [0.2, 0.25) is 0 Å². The number of nitrogens with one attached hydrogen (secondary N) is 1. The first-order chi connectivity index (χ1) is 9.59. The molecule has 6 nitrogen and oxygen atoms in total. The van der Waals surface area contributed by atoms with Crippen molar-refractivity contribution in [3.63, 3.8) is 0 Å². The molecule has 102 valence electrons. The maximum absolute atomic E-state index is 12.1. The van der Waals surface area contributed by atoms with Crippen LogP contribution in [0.4, 0.5) is 0 Å². The van der Waals surface area contributed by atoms with Crippen LogP contribution in [0.25, 0.3) is 0 Å². The molecule has 0 spiro atoms. The quantitative estimate of drug-likeness (QED) is 0.882. The lowest BCUT2D eigenvalue weighted by atomic mass is 10.1. The summed E-state index contributed by atoms with van der Waals surface area (Å²) in [6.45, 7) is 1.81. The Balaban J connectivity index is 2.19. The van der Waals surface area contributed by atoms with Crippen LogP contribution in [0.15, 0.2) is 42.7 Å². The predicted molar refractivity (Wildman–Crippen MR) is 71.3 cm³/mol. The largest absolute Gasteiger partial charge is 0.476 e. The van der Waals surface area contributed by atoms with Crippen molar-refractivity contribution >= 4 is 11.9 Å². The average molecular weight is 271 g/mol. The second-order valence-corrected chi connectivity index (χ2v) is 4.16. The number of hydrogen-bond donors (Lipinski definition) is 2. The Morgan fingerprint density at radius 1 is 1.10 bits per heavy atom. The number of carbonyl (C=O) groups is 2. The van der Waals surface area contributed by atoms with Crippen molar-refractivity contribution < 1.29 is 14.7 Å². The van der Waals surface area contributed by atoms with E-state index in [4.69, 9.17) is 5.11 Å². The highest BCUT2D eigenvalue weighted by Gasteiger charge is 2.20. The topological polar surface area (TPSA) is 92.2 Å². The number of carbonyl (C=O) groups excluding carboxylic acids is 1. The van der Waals surface area contributed by atoms with Gasteiger partial charge in [0.1, 0.15) is 0 Å². The van der Waals surface area contributed by atoms with Gasteiger partial charge < -0.3 is 10.4 Å². The van der Waals surface area contributed by atoms with Crippen LogP contribution in [-0.2, 0) is 0 Å². The van der Waals surface area contributed by atoms with Gasteiger partial charge in [-0.15, -0.1) is 0 Å². The summed E-state index contributed by atoms with van der Waals surface area (Å²) in [7, 11) is 0. The lowest BCUT2D eigenvalue weighted by molar-refractivity contribution is 0.0682. The molecule has 0 saturated carbocycles. The molecule has 0 radical (unpaired) electrons. The highest BCUT2D eigenvalue weighted by atomic mass is 16.4. The number of benzene rings is 1. The highest BCUT2D eigenvalue weighted by molar-refractivity contribution is 6.02. The van der Waals surface area contributed by atoms with Crippen molar-refractivity contribution in [1.29, 1.82) is 0 Å². The lowest BCUT2D eigenvalue weighted by Crippen LogP contribution is -2.29. The predicted octanol–water partition coefficient (Wildman–Crippen LogP) is 1.67. The van der Waals surface area contributed by atoms with Crippen molar-refractivity contribution in [1.82, 2.24) is 15.3 Å². The molecular formula is C14H13N3O3. The second-order valence-electron chi connectivity index (χ2n) is 4.16. The number of aromatic nitrogens is 2. The molecule has 1 aromatic carbocycles. The third kappa shape index (κ3) is 2.97. The van der Waals surface area contributed by atoms with E-state index in [1.165, 1.54) is 12.4 Å². The summed E-state index contributed by atoms with van der Waals surface area (Å²) in [5.41, 5.74) is 0.370. The number of carboxylic acid groups (broad SMARTS) is 1. The number of aromatic carboxylic acids is 1. The highest BCUT2D eigenvalue weighted by Crippen LogP contribution is 2.12. The summed E-state index contributed by atoms with van der Waals surface area (Å²) in [4.78, 5) is 30.5. The summed E-state index contributed by atoms with van der Waals surface area (Å²) in [6.07, 6.45) is 2.52. The van der Waals surface area contributed by atoms with Crippen LogP contribution < -0.4 is 5.32 Å². The maximum Gasteiger partial charge on any atom is 0.356 e. The Bertz CT molecular complexity index is 629. The van der Waals surface area contributed by atoms with E-state index < -0.39 is 11.9 Å². The van der Waals surface area contributed by atoms with Gasteiger partial charge in [-0.3, -0.25) is 4.79 Å². The van der Waals surface area contributed by atoms with Gasteiger partial charge in [0.15, 0.2) is 11.4 Å². The van der Waals surface area contributed by atoms with E-state index in [-0.39, 0.29) is 17.4 Å². The molecule has 0 saturated heterocycles. The molecule has 2 aromatic rings. The third-order valence-electron chi connectivity index (χ3n) is 2.76. The van der Waals surface area contributed by atoms with Gasteiger partial charge >= 0.3 is 5.97 Å². The van der Waals surface area contributed by atoms with Crippen LogP contribution >= 0.6 is 0 Å². The third-order valence-corrected chi connectivity index (χ3v) is 2.76. The molecule has 0 bridgehead atoms. The molecule has 0 fully saturated rings. The van der Waals surface area contributed by atoms with Crippen LogP contribution in [0.2, 0.25) is 0 Å². The van der Waals surface area contributed by atoms with Gasteiger partial charge in [-0.05, 0) is 12.5 Å². The summed E-state index contributed by atoms with van der Waals surface area (Å²) < 4.78 is 0. The van der Waals surface area contributed by atoms with Crippen molar-refractivity contribution in [3.05, 3.63) is 59.7 Å². The van der Waals surface area contributed by atoms with E-state index in [9.17, 15) is 9.59 Å². The minimum absolute atomic E-state index is 0.192. The second kappa shape index (κ2) is 5.92. The van der Waals surface area contributed by atoms with E-state index in [0.29, 0.717) is 0 Å². The lowest BCUT2D eigenvalue weighted by Gasteiger charge is -2.14. The summed E-state index contributed by atoms with van der Waals surface area (Å²) in [5, 5.41) is 11.7. The monoisotopic (exact) mass is 271 g/mol. The van der Waals surface area contributed by atoms with E-state index in [1.807, 2.05) is 37.3 Å². The molecule has 1 heterocycles. The summed E-state index contributed by atoms with van der Waals surface area (Å²) in [5.74, 6) is -1.84. The molecule has 2 rings (SSSR count). The zero-order valence-corrected chi connectivity index (χ0v) is 10.8. The standard InChI is InChI=1S/C14H13N3O3/c1-9(10-5-3-2-4-6-10)17-13(18)11-12(14(19)20)16-8-7-15-11/h2-9H,1H3,(H,17,18)(H,19,20). The fourth-order valence-corrected chi connectivity index (χ4v) is 1.75. The van der Waals surface area contributed by atoms with Gasteiger partial charge in [-0.2, -0.15) is 0 Å². The van der Waals surface area contributed by atoms with Crippen LogP contribution in [0.5, 0.6) is 0 Å². The van der Waals surface area contributed by atoms with Crippen LogP contribution in [-0.4, -0.2) is 27.0 Å². The Morgan fingerprint density at radius 2 is 1.70 bits per heavy atom. The Labute approximate surface area is 115 Å². The maximum atomic E-state index is 12.1. The zero-order valence-electron chi connectivity index (χ0n) is 10.8. The fourth-order valence-electron chi connectivity index (χ4n) is 1.75. The fraction of sp³-hybridized carbons (Fsp3) is 0.143. The SMILES string of the molecule is CC(NC(=O)c1nccnc1C(=O)O)c1ccccc1. The van der Waals surface area contributed by atoms with Crippen LogP contribution in [0.1, 0.15) is 39.5 Å². The number of hydrogen-bond acceptors (Lipinski definition) is 4. The molecule has 1 aromatic heterocycles. The van der Waals surface area contributed by atoms with Gasteiger partial charge in [-0.1, -0.05) is 30.3 Å². The van der Waals surface area contributed by atoms with E-state index in [1.54, 1.807) is 0 Å². The first kappa shape index (κ1) is 13.7. The molecule has 0 aliphatic rings.